The molecule has 0 aliphatic heterocycles. The molecule has 0 bridgehead atoms. The second-order valence-electron chi connectivity index (χ2n) is 5.31. The highest BCUT2D eigenvalue weighted by Gasteiger charge is 2.30. The first-order valence-corrected chi connectivity index (χ1v) is 6.84. The van der Waals surface area contributed by atoms with E-state index in [0.717, 1.165) is 24.7 Å². The maximum atomic E-state index is 11.0. The monoisotopic (exact) mass is 228 g/mol. The largest absolute Gasteiger partial charge is 0.281 e. The van der Waals surface area contributed by atoms with Gasteiger partial charge in [-0.15, -0.1) is 0 Å². The third-order valence-corrected chi connectivity index (χ3v) is 4.72. The second kappa shape index (κ2) is 5.34. The van der Waals surface area contributed by atoms with Gasteiger partial charge in [0.25, 0.3) is 0 Å². The summed E-state index contributed by atoms with van der Waals surface area (Å²) >= 11 is 5.55. The van der Waals surface area contributed by atoms with Gasteiger partial charge in [-0.1, -0.05) is 32.1 Å². The Hall–Kier alpha value is -0.0400. The molecule has 2 aliphatic carbocycles. The maximum Gasteiger partial charge on any atom is 0.224 e. The van der Waals surface area contributed by atoms with Crippen LogP contribution in [-0.2, 0) is 4.79 Å². The zero-order valence-electron chi connectivity index (χ0n) is 9.38. The molecule has 2 fully saturated rings. The molecule has 0 saturated heterocycles. The molecule has 86 valence electrons. The van der Waals surface area contributed by atoms with Crippen molar-refractivity contribution in [2.24, 2.45) is 17.8 Å². The molecule has 2 saturated carbocycles. The number of hydrogen-bond donors (Lipinski definition) is 0. The van der Waals surface area contributed by atoms with Crippen LogP contribution < -0.4 is 0 Å². The minimum atomic E-state index is -0.0999. The standard InChI is InChI=1S/C13H21ClO/c14-13(15)12-8-6-11(7-9-12)10-4-2-1-3-5-10/h10-12H,1-9H2/t11-,12-. The van der Waals surface area contributed by atoms with Crippen LogP contribution in [0.15, 0.2) is 0 Å². The van der Waals surface area contributed by atoms with E-state index in [1.807, 2.05) is 0 Å². The van der Waals surface area contributed by atoms with Crippen molar-refractivity contribution >= 4 is 16.8 Å². The molecule has 0 N–H and O–H groups in total. The van der Waals surface area contributed by atoms with Gasteiger partial charge in [-0.05, 0) is 49.1 Å². The molecule has 0 aromatic rings. The summed E-state index contributed by atoms with van der Waals surface area (Å²) in [4.78, 5) is 11.0. The minimum Gasteiger partial charge on any atom is -0.281 e. The minimum absolute atomic E-state index is 0.0999. The zero-order valence-corrected chi connectivity index (χ0v) is 10.1. The van der Waals surface area contributed by atoms with Gasteiger partial charge in [-0.3, -0.25) is 4.79 Å². The van der Waals surface area contributed by atoms with E-state index in [0.29, 0.717) is 0 Å². The summed E-state index contributed by atoms with van der Waals surface area (Å²) in [6, 6.07) is 0. The van der Waals surface area contributed by atoms with E-state index < -0.39 is 0 Å². The first-order valence-electron chi connectivity index (χ1n) is 6.46. The van der Waals surface area contributed by atoms with Crippen LogP contribution in [0, 0.1) is 17.8 Å². The lowest BCUT2D eigenvalue weighted by molar-refractivity contribution is -0.116. The van der Waals surface area contributed by atoms with Gasteiger partial charge in [0, 0.05) is 5.92 Å². The summed E-state index contributed by atoms with van der Waals surface area (Å²) in [7, 11) is 0. The molecule has 1 nitrogen and oxygen atoms in total. The molecular weight excluding hydrogens is 208 g/mol. The van der Waals surface area contributed by atoms with Gasteiger partial charge >= 0.3 is 0 Å². The Balaban J connectivity index is 1.79. The summed E-state index contributed by atoms with van der Waals surface area (Å²) in [5, 5.41) is -0.0999. The molecule has 2 rings (SSSR count). The lowest BCUT2D eigenvalue weighted by Gasteiger charge is -2.34. The smallest absolute Gasteiger partial charge is 0.224 e. The number of rotatable bonds is 2. The molecule has 0 aromatic carbocycles. The Kier molecular flexibility index (Phi) is 4.07. The molecule has 0 amide bonds. The van der Waals surface area contributed by atoms with Crippen molar-refractivity contribution in [2.45, 2.75) is 57.8 Å². The summed E-state index contributed by atoms with van der Waals surface area (Å²) in [5.41, 5.74) is 0. The molecule has 0 heterocycles. The van der Waals surface area contributed by atoms with Crippen LogP contribution in [-0.4, -0.2) is 5.24 Å². The Bertz CT molecular complexity index is 213. The Morgan fingerprint density at radius 2 is 1.33 bits per heavy atom. The van der Waals surface area contributed by atoms with Gasteiger partial charge in [0.15, 0.2) is 0 Å². The molecule has 0 aromatic heterocycles. The summed E-state index contributed by atoms with van der Waals surface area (Å²) in [6.07, 6.45) is 11.7. The van der Waals surface area contributed by atoms with Gasteiger partial charge in [0.05, 0.1) is 0 Å². The average molecular weight is 229 g/mol. The average Bonchev–Trinajstić information content (AvgIpc) is 2.30. The fraction of sp³-hybridized carbons (Fsp3) is 0.923. The van der Waals surface area contributed by atoms with Crippen LogP contribution in [0.25, 0.3) is 0 Å². The molecular formula is C13H21ClO. The fourth-order valence-corrected chi connectivity index (χ4v) is 3.64. The predicted octanol–water partition coefficient (Wildman–Crippen LogP) is 4.14. The summed E-state index contributed by atoms with van der Waals surface area (Å²) < 4.78 is 0. The lowest BCUT2D eigenvalue weighted by atomic mass is 9.71. The van der Waals surface area contributed by atoms with E-state index >= 15 is 0 Å². The van der Waals surface area contributed by atoms with Gasteiger partial charge in [0.2, 0.25) is 5.24 Å². The Morgan fingerprint density at radius 3 is 1.87 bits per heavy atom. The third-order valence-electron chi connectivity index (χ3n) is 4.41. The number of carbonyl (C=O) groups excluding carboxylic acids is 1. The molecule has 0 unspecified atom stereocenters. The highest BCUT2D eigenvalue weighted by molar-refractivity contribution is 6.63. The van der Waals surface area contributed by atoms with Crippen molar-refractivity contribution in [1.29, 1.82) is 0 Å². The van der Waals surface area contributed by atoms with E-state index in [1.54, 1.807) is 0 Å². The summed E-state index contributed by atoms with van der Waals surface area (Å²) in [6.45, 7) is 0. The van der Waals surface area contributed by atoms with Gasteiger partial charge in [-0.2, -0.15) is 0 Å². The summed E-state index contributed by atoms with van der Waals surface area (Å²) in [5.74, 6) is 2.04. The van der Waals surface area contributed by atoms with E-state index in [-0.39, 0.29) is 11.2 Å². The highest BCUT2D eigenvalue weighted by Crippen LogP contribution is 2.40. The maximum absolute atomic E-state index is 11.0. The molecule has 0 atom stereocenters. The quantitative estimate of drug-likeness (QED) is 0.650. The van der Waals surface area contributed by atoms with Gasteiger partial charge in [0.1, 0.15) is 0 Å². The van der Waals surface area contributed by atoms with Crippen molar-refractivity contribution < 1.29 is 4.79 Å². The van der Waals surface area contributed by atoms with E-state index in [4.69, 9.17) is 11.6 Å². The SMILES string of the molecule is O=C(Cl)[C@H]1CC[C@H](C2CCCCC2)CC1. The molecule has 0 radical (unpaired) electrons. The topological polar surface area (TPSA) is 17.1 Å². The molecule has 2 heteroatoms. The van der Waals surface area contributed by atoms with Crippen LogP contribution in [0.5, 0.6) is 0 Å². The second-order valence-corrected chi connectivity index (χ2v) is 5.69. The van der Waals surface area contributed by atoms with Crippen molar-refractivity contribution in [3.05, 3.63) is 0 Å². The zero-order chi connectivity index (χ0) is 10.7. The van der Waals surface area contributed by atoms with E-state index in [9.17, 15) is 4.79 Å². The van der Waals surface area contributed by atoms with E-state index in [2.05, 4.69) is 0 Å². The van der Waals surface area contributed by atoms with Crippen molar-refractivity contribution in [3.63, 3.8) is 0 Å². The van der Waals surface area contributed by atoms with Crippen LogP contribution in [0.3, 0.4) is 0 Å². The molecule has 2 aliphatic rings. The van der Waals surface area contributed by atoms with E-state index in [1.165, 1.54) is 44.9 Å². The predicted molar refractivity (Wildman–Crippen MR) is 62.9 cm³/mol. The van der Waals surface area contributed by atoms with Crippen LogP contribution >= 0.6 is 11.6 Å². The van der Waals surface area contributed by atoms with Crippen LogP contribution in [0.4, 0.5) is 0 Å². The van der Waals surface area contributed by atoms with Gasteiger partial charge in [-0.25, -0.2) is 0 Å². The Morgan fingerprint density at radius 1 is 0.800 bits per heavy atom. The number of halogens is 1. The van der Waals surface area contributed by atoms with Crippen LogP contribution in [0.1, 0.15) is 57.8 Å². The van der Waals surface area contributed by atoms with Crippen molar-refractivity contribution in [1.82, 2.24) is 0 Å². The van der Waals surface area contributed by atoms with Crippen molar-refractivity contribution in [2.75, 3.05) is 0 Å². The third kappa shape index (κ3) is 2.96. The Labute approximate surface area is 97.6 Å². The normalized spacial score (nSPS) is 33.9. The number of carbonyl (C=O) groups is 1. The lowest BCUT2D eigenvalue weighted by Crippen LogP contribution is -2.25. The first kappa shape index (κ1) is 11.4. The molecule has 15 heavy (non-hydrogen) atoms. The van der Waals surface area contributed by atoms with Crippen molar-refractivity contribution in [3.8, 4) is 0 Å². The fourth-order valence-electron chi connectivity index (χ4n) is 3.42. The number of hydrogen-bond acceptors (Lipinski definition) is 1. The highest BCUT2D eigenvalue weighted by atomic mass is 35.5. The van der Waals surface area contributed by atoms with Crippen LogP contribution in [0.2, 0.25) is 0 Å². The molecule has 0 spiro atoms. The first-order chi connectivity index (χ1) is 7.27. The van der Waals surface area contributed by atoms with Gasteiger partial charge < -0.3 is 0 Å².